The first-order chi connectivity index (χ1) is 12.6. The fourth-order valence-electron chi connectivity index (χ4n) is 2.58. The average molecular weight is 355 g/mol. The molecule has 0 spiro atoms. The van der Waals surface area contributed by atoms with Gasteiger partial charge in [0, 0.05) is 5.56 Å². The van der Waals surface area contributed by atoms with Crippen molar-refractivity contribution >= 4 is 5.91 Å². The summed E-state index contributed by atoms with van der Waals surface area (Å²) in [4.78, 5) is 12.7. The molecule has 5 nitrogen and oxygen atoms in total. The van der Waals surface area contributed by atoms with Gasteiger partial charge in [-0.15, -0.1) is 0 Å². The lowest BCUT2D eigenvalue weighted by Gasteiger charge is -2.18. The van der Waals surface area contributed by atoms with Gasteiger partial charge in [-0.2, -0.15) is 0 Å². The van der Waals surface area contributed by atoms with Crippen LogP contribution in [-0.2, 0) is 0 Å². The summed E-state index contributed by atoms with van der Waals surface area (Å²) in [5.41, 5.74) is 1.54. The monoisotopic (exact) mass is 355 g/mol. The van der Waals surface area contributed by atoms with Crippen LogP contribution in [0.3, 0.4) is 0 Å². The van der Waals surface area contributed by atoms with Crippen LogP contribution in [0.5, 0.6) is 17.2 Å². The van der Waals surface area contributed by atoms with Gasteiger partial charge in [-0.05, 0) is 42.3 Å². The third kappa shape index (κ3) is 4.79. The van der Waals surface area contributed by atoms with Gasteiger partial charge in [0.25, 0.3) is 5.91 Å². The molecule has 26 heavy (non-hydrogen) atoms. The Morgan fingerprint density at radius 2 is 1.85 bits per heavy atom. The van der Waals surface area contributed by atoms with E-state index in [2.05, 4.69) is 11.9 Å². The van der Waals surface area contributed by atoms with E-state index in [0.717, 1.165) is 17.7 Å². The number of rotatable bonds is 9. The zero-order valence-corrected chi connectivity index (χ0v) is 15.5. The van der Waals surface area contributed by atoms with E-state index in [9.17, 15) is 4.79 Å². The van der Waals surface area contributed by atoms with E-state index in [0.29, 0.717) is 23.7 Å². The maximum Gasteiger partial charge on any atom is 0.251 e. The minimum atomic E-state index is -0.166. The molecule has 0 fully saturated rings. The number of carbonyl (C=O) groups excluding carboxylic acids is 1. The van der Waals surface area contributed by atoms with Gasteiger partial charge >= 0.3 is 0 Å². The van der Waals surface area contributed by atoms with Crippen LogP contribution in [0, 0.1) is 0 Å². The summed E-state index contributed by atoms with van der Waals surface area (Å²) in [7, 11) is 3.17. The highest BCUT2D eigenvalue weighted by Gasteiger charge is 2.16. The summed E-state index contributed by atoms with van der Waals surface area (Å²) in [5, 5.41) is 3.06. The van der Waals surface area contributed by atoms with Crippen LogP contribution in [-0.4, -0.2) is 26.7 Å². The molecule has 0 bridgehead atoms. The number of hydrogen-bond donors (Lipinski definition) is 1. The highest BCUT2D eigenvalue weighted by molar-refractivity contribution is 5.95. The van der Waals surface area contributed by atoms with E-state index in [-0.39, 0.29) is 11.9 Å². The molecule has 1 unspecified atom stereocenters. The maximum atomic E-state index is 12.7. The van der Waals surface area contributed by atoms with Gasteiger partial charge < -0.3 is 19.5 Å². The van der Waals surface area contributed by atoms with Gasteiger partial charge in [0.2, 0.25) is 0 Å². The number of nitrogens with one attached hydrogen (secondary N) is 1. The zero-order valence-electron chi connectivity index (χ0n) is 15.5. The van der Waals surface area contributed by atoms with Crippen LogP contribution < -0.4 is 19.5 Å². The molecule has 0 saturated heterocycles. The molecule has 0 heterocycles. The van der Waals surface area contributed by atoms with E-state index < -0.39 is 0 Å². The maximum absolute atomic E-state index is 12.7. The number of carbonyl (C=O) groups is 1. The molecule has 0 aliphatic heterocycles. The van der Waals surface area contributed by atoms with Crippen molar-refractivity contribution < 1.29 is 19.0 Å². The number of amides is 1. The van der Waals surface area contributed by atoms with Crippen molar-refractivity contribution in [1.29, 1.82) is 0 Å². The molecule has 1 N–H and O–H groups in total. The SMILES string of the molecule is C=CCOc1ccc(C(=O)NC(CC)c2ccc(OC)cc2)cc1OC. The molecular formula is C21H25NO4. The molecule has 0 saturated carbocycles. The summed E-state index contributed by atoms with van der Waals surface area (Å²) >= 11 is 0. The van der Waals surface area contributed by atoms with Gasteiger partial charge in [0.15, 0.2) is 11.5 Å². The topological polar surface area (TPSA) is 56.8 Å². The van der Waals surface area contributed by atoms with Gasteiger partial charge in [-0.3, -0.25) is 4.79 Å². The summed E-state index contributed by atoms with van der Waals surface area (Å²) in [6.45, 7) is 6.02. The molecule has 0 aromatic heterocycles. The minimum Gasteiger partial charge on any atom is -0.497 e. The second-order valence-electron chi connectivity index (χ2n) is 5.67. The summed E-state index contributed by atoms with van der Waals surface area (Å²) in [6, 6.07) is 12.7. The van der Waals surface area contributed by atoms with Crippen molar-refractivity contribution in [3.63, 3.8) is 0 Å². The summed E-state index contributed by atoms with van der Waals surface area (Å²) in [5.74, 6) is 1.71. The van der Waals surface area contributed by atoms with Crippen molar-refractivity contribution in [3.05, 3.63) is 66.2 Å². The molecule has 2 aromatic carbocycles. The molecule has 0 aliphatic rings. The molecular weight excluding hydrogens is 330 g/mol. The number of ether oxygens (including phenoxy) is 3. The first-order valence-electron chi connectivity index (χ1n) is 8.49. The Labute approximate surface area is 154 Å². The molecule has 138 valence electrons. The first-order valence-corrected chi connectivity index (χ1v) is 8.49. The van der Waals surface area contributed by atoms with Crippen LogP contribution in [0.2, 0.25) is 0 Å². The fourth-order valence-corrected chi connectivity index (χ4v) is 2.58. The van der Waals surface area contributed by atoms with Gasteiger partial charge in [-0.1, -0.05) is 31.7 Å². The molecule has 1 atom stereocenters. The Balaban J connectivity index is 2.14. The Kier molecular flexibility index (Phi) is 7.09. The van der Waals surface area contributed by atoms with E-state index in [1.165, 1.54) is 0 Å². The Bertz CT molecular complexity index is 740. The Morgan fingerprint density at radius 1 is 1.12 bits per heavy atom. The molecule has 2 aromatic rings. The standard InChI is InChI=1S/C21H25NO4/c1-5-13-26-19-12-9-16(14-20(19)25-4)21(23)22-18(6-2)15-7-10-17(24-3)11-8-15/h5,7-12,14,18H,1,6,13H2,2-4H3,(H,22,23). The Hall–Kier alpha value is -2.95. The van der Waals surface area contributed by atoms with Crippen molar-refractivity contribution in [2.24, 2.45) is 0 Å². The third-order valence-corrected chi connectivity index (χ3v) is 4.01. The fraction of sp³-hybridized carbons (Fsp3) is 0.286. The van der Waals surface area contributed by atoms with Gasteiger partial charge in [0.05, 0.1) is 20.3 Å². The van der Waals surface area contributed by atoms with Crippen molar-refractivity contribution in [2.45, 2.75) is 19.4 Å². The number of methoxy groups -OCH3 is 2. The molecule has 0 aliphatic carbocycles. The van der Waals surface area contributed by atoms with E-state index in [4.69, 9.17) is 14.2 Å². The lowest BCUT2D eigenvalue weighted by atomic mass is 10.0. The predicted molar refractivity (Wildman–Crippen MR) is 102 cm³/mol. The van der Waals surface area contributed by atoms with Crippen LogP contribution in [0.1, 0.15) is 35.3 Å². The second-order valence-corrected chi connectivity index (χ2v) is 5.67. The van der Waals surface area contributed by atoms with Gasteiger partial charge in [-0.25, -0.2) is 0 Å². The predicted octanol–water partition coefficient (Wildman–Crippen LogP) is 4.15. The van der Waals surface area contributed by atoms with E-state index in [1.54, 1.807) is 38.5 Å². The number of benzene rings is 2. The van der Waals surface area contributed by atoms with Crippen molar-refractivity contribution in [2.75, 3.05) is 20.8 Å². The van der Waals surface area contributed by atoms with Crippen LogP contribution in [0.4, 0.5) is 0 Å². The summed E-state index contributed by atoms with van der Waals surface area (Å²) in [6.07, 6.45) is 2.43. The second kappa shape index (κ2) is 9.51. The number of hydrogen-bond acceptors (Lipinski definition) is 4. The van der Waals surface area contributed by atoms with Crippen LogP contribution >= 0.6 is 0 Å². The van der Waals surface area contributed by atoms with E-state index >= 15 is 0 Å². The third-order valence-electron chi connectivity index (χ3n) is 4.01. The van der Waals surface area contributed by atoms with Crippen molar-refractivity contribution in [3.8, 4) is 17.2 Å². The smallest absolute Gasteiger partial charge is 0.251 e. The normalized spacial score (nSPS) is 11.3. The van der Waals surface area contributed by atoms with E-state index in [1.807, 2.05) is 31.2 Å². The average Bonchev–Trinajstić information content (AvgIpc) is 2.70. The molecule has 2 rings (SSSR count). The lowest BCUT2D eigenvalue weighted by Crippen LogP contribution is -2.28. The molecule has 0 radical (unpaired) electrons. The quantitative estimate of drug-likeness (QED) is 0.687. The first kappa shape index (κ1) is 19.4. The zero-order chi connectivity index (χ0) is 18.9. The van der Waals surface area contributed by atoms with Crippen molar-refractivity contribution in [1.82, 2.24) is 5.32 Å². The molecule has 1 amide bonds. The minimum absolute atomic E-state index is 0.0870. The largest absolute Gasteiger partial charge is 0.497 e. The highest BCUT2D eigenvalue weighted by atomic mass is 16.5. The Morgan fingerprint density at radius 3 is 2.42 bits per heavy atom. The van der Waals surface area contributed by atoms with Gasteiger partial charge in [0.1, 0.15) is 12.4 Å². The van der Waals surface area contributed by atoms with Crippen LogP contribution in [0.25, 0.3) is 0 Å². The summed E-state index contributed by atoms with van der Waals surface area (Å²) < 4.78 is 16.0. The lowest BCUT2D eigenvalue weighted by molar-refractivity contribution is 0.0935. The molecule has 5 heteroatoms. The highest BCUT2D eigenvalue weighted by Crippen LogP contribution is 2.28. The van der Waals surface area contributed by atoms with Crippen LogP contribution in [0.15, 0.2) is 55.1 Å².